The minimum Gasteiger partial charge on any atom is -0.508 e. The van der Waals surface area contributed by atoms with Gasteiger partial charge in [0.05, 0.1) is 18.6 Å². The number of hydrogen-bond donors (Lipinski definition) is 2. The summed E-state index contributed by atoms with van der Waals surface area (Å²) in [4.78, 5) is 12.2. The standard InChI is InChI=1S/C17H16O5/c1-2-21-17-7-10(3-6-13(17)19)15-9-14(20)12-5-4-11(18)8-16(12)22-15/h3-8,15,18-19H,2,9H2,1H3. The van der Waals surface area contributed by atoms with Crippen molar-refractivity contribution in [1.82, 2.24) is 0 Å². The molecule has 0 fully saturated rings. The molecule has 3 rings (SSSR count). The lowest BCUT2D eigenvalue weighted by Gasteiger charge is -2.26. The van der Waals surface area contributed by atoms with Crippen LogP contribution < -0.4 is 9.47 Å². The quantitative estimate of drug-likeness (QED) is 0.910. The summed E-state index contributed by atoms with van der Waals surface area (Å²) in [5.74, 6) is 0.779. The number of carbonyl (C=O) groups excluding carboxylic acids is 1. The Hall–Kier alpha value is -2.69. The van der Waals surface area contributed by atoms with Gasteiger partial charge < -0.3 is 19.7 Å². The van der Waals surface area contributed by atoms with E-state index in [-0.39, 0.29) is 23.7 Å². The number of rotatable bonds is 3. The van der Waals surface area contributed by atoms with Crippen molar-refractivity contribution in [2.24, 2.45) is 0 Å². The van der Waals surface area contributed by atoms with Gasteiger partial charge >= 0.3 is 0 Å². The Labute approximate surface area is 127 Å². The summed E-state index contributed by atoms with van der Waals surface area (Å²) >= 11 is 0. The summed E-state index contributed by atoms with van der Waals surface area (Å²) in [6.45, 7) is 2.25. The first-order chi connectivity index (χ1) is 10.6. The minimum atomic E-state index is -0.471. The van der Waals surface area contributed by atoms with Gasteiger partial charge in [-0.05, 0) is 36.8 Å². The van der Waals surface area contributed by atoms with Gasteiger partial charge in [-0.15, -0.1) is 0 Å². The molecule has 2 N–H and O–H groups in total. The van der Waals surface area contributed by atoms with Crippen molar-refractivity contribution in [3.8, 4) is 23.0 Å². The zero-order valence-corrected chi connectivity index (χ0v) is 12.1. The molecule has 0 radical (unpaired) electrons. The van der Waals surface area contributed by atoms with Crippen LogP contribution in [-0.4, -0.2) is 22.6 Å². The Kier molecular flexibility index (Phi) is 3.63. The Balaban J connectivity index is 1.94. The smallest absolute Gasteiger partial charge is 0.170 e. The van der Waals surface area contributed by atoms with Crippen LogP contribution in [0.15, 0.2) is 36.4 Å². The molecule has 5 heteroatoms. The first kappa shape index (κ1) is 14.3. The highest BCUT2D eigenvalue weighted by Gasteiger charge is 2.28. The van der Waals surface area contributed by atoms with Crippen LogP contribution in [0.5, 0.6) is 23.0 Å². The lowest BCUT2D eigenvalue weighted by atomic mass is 9.96. The molecule has 0 amide bonds. The molecule has 0 bridgehead atoms. The number of phenols is 2. The molecule has 2 aromatic rings. The predicted octanol–water partition coefficient (Wildman–Crippen LogP) is 3.20. The summed E-state index contributed by atoms with van der Waals surface area (Å²) in [5, 5.41) is 19.3. The summed E-state index contributed by atoms with van der Waals surface area (Å²) in [6, 6.07) is 9.35. The molecule has 1 atom stereocenters. The van der Waals surface area contributed by atoms with Gasteiger partial charge in [0, 0.05) is 6.07 Å². The SMILES string of the molecule is CCOc1cc(C2CC(=O)c3ccc(O)cc3O2)ccc1O. The largest absolute Gasteiger partial charge is 0.508 e. The van der Waals surface area contributed by atoms with Crippen LogP contribution in [0.2, 0.25) is 0 Å². The van der Waals surface area contributed by atoms with Crippen molar-refractivity contribution >= 4 is 5.78 Å². The predicted molar refractivity (Wildman–Crippen MR) is 79.7 cm³/mol. The summed E-state index contributed by atoms with van der Waals surface area (Å²) in [5.41, 5.74) is 1.21. The van der Waals surface area contributed by atoms with Crippen LogP contribution in [0.25, 0.3) is 0 Å². The molecule has 0 aromatic heterocycles. The van der Waals surface area contributed by atoms with Gasteiger partial charge in [-0.1, -0.05) is 6.07 Å². The molecule has 22 heavy (non-hydrogen) atoms. The average Bonchev–Trinajstić information content (AvgIpc) is 2.49. The second-order valence-corrected chi connectivity index (χ2v) is 5.07. The fourth-order valence-corrected chi connectivity index (χ4v) is 2.50. The Bertz CT molecular complexity index is 723. The molecule has 1 heterocycles. The maximum atomic E-state index is 12.2. The van der Waals surface area contributed by atoms with E-state index in [0.717, 1.165) is 5.56 Å². The van der Waals surface area contributed by atoms with E-state index in [4.69, 9.17) is 9.47 Å². The topological polar surface area (TPSA) is 76.0 Å². The second-order valence-electron chi connectivity index (χ2n) is 5.07. The highest BCUT2D eigenvalue weighted by atomic mass is 16.5. The molecule has 5 nitrogen and oxygen atoms in total. The molecule has 0 saturated heterocycles. The number of fused-ring (bicyclic) bond motifs is 1. The highest BCUT2D eigenvalue weighted by molar-refractivity contribution is 6.00. The van der Waals surface area contributed by atoms with Gasteiger partial charge in [0.1, 0.15) is 17.6 Å². The molecular formula is C17H16O5. The van der Waals surface area contributed by atoms with Gasteiger partial charge in [0.15, 0.2) is 17.3 Å². The number of benzene rings is 2. The van der Waals surface area contributed by atoms with Gasteiger partial charge in [-0.3, -0.25) is 4.79 Å². The number of phenolic OH excluding ortho intramolecular Hbond substituents is 2. The van der Waals surface area contributed by atoms with E-state index < -0.39 is 6.10 Å². The summed E-state index contributed by atoms with van der Waals surface area (Å²) in [6.07, 6.45) is -0.268. The molecule has 114 valence electrons. The molecule has 1 aliphatic rings. The third kappa shape index (κ3) is 2.57. The zero-order valence-electron chi connectivity index (χ0n) is 12.1. The van der Waals surface area contributed by atoms with Crippen LogP contribution >= 0.6 is 0 Å². The zero-order chi connectivity index (χ0) is 15.7. The fourth-order valence-electron chi connectivity index (χ4n) is 2.50. The molecule has 2 aromatic carbocycles. The minimum absolute atomic E-state index is 0.0442. The number of ether oxygens (including phenoxy) is 2. The first-order valence-corrected chi connectivity index (χ1v) is 7.07. The lowest BCUT2D eigenvalue weighted by Crippen LogP contribution is -2.20. The number of ketones is 1. The van der Waals surface area contributed by atoms with Gasteiger partial charge in [0.25, 0.3) is 0 Å². The van der Waals surface area contributed by atoms with Crippen molar-refractivity contribution in [2.75, 3.05) is 6.61 Å². The molecule has 1 unspecified atom stereocenters. The van der Waals surface area contributed by atoms with Crippen LogP contribution in [-0.2, 0) is 0 Å². The van der Waals surface area contributed by atoms with Crippen molar-refractivity contribution in [3.63, 3.8) is 0 Å². The first-order valence-electron chi connectivity index (χ1n) is 7.07. The maximum Gasteiger partial charge on any atom is 0.170 e. The third-order valence-corrected chi connectivity index (χ3v) is 3.56. The fraction of sp³-hybridized carbons (Fsp3) is 0.235. The van der Waals surface area contributed by atoms with Crippen molar-refractivity contribution in [2.45, 2.75) is 19.4 Å². The van der Waals surface area contributed by atoms with E-state index in [1.165, 1.54) is 18.2 Å². The summed E-state index contributed by atoms with van der Waals surface area (Å²) in [7, 11) is 0. The van der Waals surface area contributed by atoms with E-state index in [1.807, 2.05) is 6.92 Å². The van der Waals surface area contributed by atoms with Gasteiger partial charge in [-0.2, -0.15) is 0 Å². The van der Waals surface area contributed by atoms with Crippen LogP contribution in [0.1, 0.15) is 35.4 Å². The van der Waals surface area contributed by atoms with Crippen molar-refractivity contribution < 1.29 is 24.5 Å². The van der Waals surface area contributed by atoms with E-state index in [2.05, 4.69) is 0 Å². The average molecular weight is 300 g/mol. The molecule has 0 aliphatic carbocycles. The number of aromatic hydroxyl groups is 2. The molecule has 1 aliphatic heterocycles. The van der Waals surface area contributed by atoms with E-state index in [1.54, 1.807) is 18.2 Å². The Morgan fingerprint density at radius 3 is 2.82 bits per heavy atom. The number of carbonyl (C=O) groups is 1. The van der Waals surface area contributed by atoms with Gasteiger partial charge in [-0.25, -0.2) is 0 Å². The summed E-state index contributed by atoms with van der Waals surface area (Å²) < 4.78 is 11.2. The molecular weight excluding hydrogens is 284 g/mol. The molecule has 0 saturated carbocycles. The highest BCUT2D eigenvalue weighted by Crippen LogP contribution is 2.38. The van der Waals surface area contributed by atoms with E-state index >= 15 is 0 Å². The maximum absolute atomic E-state index is 12.2. The second kappa shape index (κ2) is 5.60. The normalized spacial score (nSPS) is 16.8. The van der Waals surface area contributed by atoms with Crippen LogP contribution in [0.3, 0.4) is 0 Å². The van der Waals surface area contributed by atoms with Crippen LogP contribution in [0.4, 0.5) is 0 Å². The Morgan fingerprint density at radius 2 is 2.05 bits per heavy atom. The lowest BCUT2D eigenvalue weighted by molar-refractivity contribution is 0.0849. The van der Waals surface area contributed by atoms with E-state index in [0.29, 0.717) is 23.7 Å². The molecule has 0 spiro atoms. The van der Waals surface area contributed by atoms with Crippen LogP contribution in [0, 0.1) is 0 Å². The number of Topliss-reactive ketones (excluding diaryl/α,β-unsaturated/α-hetero) is 1. The van der Waals surface area contributed by atoms with Crippen molar-refractivity contribution in [1.29, 1.82) is 0 Å². The van der Waals surface area contributed by atoms with Crippen molar-refractivity contribution in [3.05, 3.63) is 47.5 Å². The monoisotopic (exact) mass is 300 g/mol. The van der Waals surface area contributed by atoms with Gasteiger partial charge in [0.2, 0.25) is 0 Å². The third-order valence-electron chi connectivity index (χ3n) is 3.56. The number of hydrogen-bond acceptors (Lipinski definition) is 5. The van der Waals surface area contributed by atoms with E-state index in [9.17, 15) is 15.0 Å². The Morgan fingerprint density at radius 1 is 1.23 bits per heavy atom.